The second-order valence-corrected chi connectivity index (χ2v) is 6.60. The Hall–Kier alpha value is -2.47. The first-order chi connectivity index (χ1) is 11.2. The number of pyridine rings is 1. The summed E-state index contributed by atoms with van der Waals surface area (Å²) in [5.41, 5.74) is 0.117. The Morgan fingerprint density at radius 1 is 1.08 bits per heavy atom. The number of carbonyl (C=O) groups excluding carboxylic acids is 2. The molecule has 2 aromatic rings. The van der Waals surface area contributed by atoms with E-state index < -0.39 is 17.3 Å². The lowest BCUT2D eigenvalue weighted by atomic mass is 10.1. The summed E-state index contributed by atoms with van der Waals surface area (Å²) in [7, 11) is 0. The number of halogens is 2. The summed E-state index contributed by atoms with van der Waals surface area (Å²) in [6.07, 6.45) is 0. The highest BCUT2D eigenvalue weighted by Crippen LogP contribution is 2.19. The van der Waals surface area contributed by atoms with Gasteiger partial charge in [0.05, 0.1) is 5.02 Å². The maximum absolute atomic E-state index is 13.1. The lowest BCUT2D eigenvalue weighted by Gasteiger charge is -2.20. The van der Waals surface area contributed by atoms with Crippen LogP contribution in [0.5, 0.6) is 0 Å². The molecule has 0 fully saturated rings. The second-order valence-electron chi connectivity index (χ2n) is 6.20. The van der Waals surface area contributed by atoms with Crippen molar-refractivity contribution in [2.75, 3.05) is 5.32 Å². The van der Waals surface area contributed by atoms with E-state index in [1.54, 1.807) is 6.07 Å². The van der Waals surface area contributed by atoms with E-state index >= 15 is 0 Å². The van der Waals surface area contributed by atoms with Crippen LogP contribution in [0.15, 0.2) is 36.4 Å². The summed E-state index contributed by atoms with van der Waals surface area (Å²) in [4.78, 5) is 28.4. The second kappa shape index (κ2) is 6.97. The lowest BCUT2D eigenvalue weighted by Crippen LogP contribution is -2.41. The van der Waals surface area contributed by atoms with Gasteiger partial charge in [0.25, 0.3) is 11.8 Å². The molecule has 0 radical (unpaired) electrons. The largest absolute Gasteiger partial charge is 0.346 e. The predicted octanol–water partition coefficient (Wildman–Crippen LogP) is 3.65. The molecule has 0 aliphatic rings. The fourth-order valence-corrected chi connectivity index (χ4v) is 2.04. The molecule has 5 nitrogen and oxygen atoms in total. The molecule has 0 atom stereocenters. The van der Waals surface area contributed by atoms with Gasteiger partial charge in [0.1, 0.15) is 17.2 Å². The number of nitrogens with zero attached hydrogens (tertiary/aromatic N) is 1. The molecule has 1 heterocycles. The van der Waals surface area contributed by atoms with Gasteiger partial charge < -0.3 is 10.6 Å². The minimum Gasteiger partial charge on any atom is -0.346 e. The zero-order valence-electron chi connectivity index (χ0n) is 13.5. The van der Waals surface area contributed by atoms with E-state index in [1.807, 2.05) is 20.8 Å². The third-order valence-corrected chi connectivity index (χ3v) is 3.17. The molecular formula is C17H17ClFN3O2. The first-order valence-corrected chi connectivity index (χ1v) is 7.59. The van der Waals surface area contributed by atoms with E-state index in [-0.39, 0.29) is 22.3 Å². The van der Waals surface area contributed by atoms with Crippen molar-refractivity contribution in [3.63, 3.8) is 0 Å². The molecule has 0 unspecified atom stereocenters. The van der Waals surface area contributed by atoms with Gasteiger partial charge in [0.2, 0.25) is 0 Å². The average molecular weight is 350 g/mol. The third kappa shape index (κ3) is 4.76. The summed E-state index contributed by atoms with van der Waals surface area (Å²) >= 11 is 5.68. The van der Waals surface area contributed by atoms with Crippen LogP contribution in [0.4, 0.5) is 10.1 Å². The number of hydrogen-bond acceptors (Lipinski definition) is 3. The molecule has 0 aliphatic heterocycles. The molecule has 1 aromatic heterocycles. The molecule has 2 N–H and O–H groups in total. The van der Waals surface area contributed by atoms with Crippen LogP contribution in [0.25, 0.3) is 0 Å². The maximum atomic E-state index is 13.1. The van der Waals surface area contributed by atoms with Crippen molar-refractivity contribution < 1.29 is 14.0 Å². The average Bonchev–Trinajstić information content (AvgIpc) is 2.49. The highest BCUT2D eigenvalue weighted by molar-refractivity contribution is 6.31. The topological polar surface area (TPSA) is 71.1 Å². The van der Waals surface area contributed by atoms with Gasteiger partial charge in [0, 0.05) is 11.2 Å². The van der Waals surface area contributed by atoms with E-state index in [0.717, 1.165) is 6.07 Å². The Labute approximate surface area is 144 Å². The summed E-state index contributed by atoms with van der Waals surface area (Å²) in [5, 5.41) is 5.23. The zero-order chi connectivity index (χ0) is 17.9. The van der Waals surface area contributed by atoms with Crippen LogP contribution < -0.4 is 10.6 Å². The third-order valence-electron chi connectivity index (χ3n) is 2.88. The van der Waals surface area contributed by atoms with Crippen LogP contribution in [0.1, 0.15) is 41.7 Å². The van der Waals surface area contributed by atoms with Crippen molar-refractivity contribution >= 4 is 29.1 Å². The van der Waals surface area contributed by atoms with Crippen molar-refractivity contribution in [3.05, 3.63) is 58.6 Å². The van der Waals surface area contributed by atoms with Crippen molar-refractivity contribution in [1.29, 1.82) is 0 Å². The van der Waals surface area contributed by atoms with E-state index in [2.05, 4.69) is 15.6 Å². The molecule has 0 aliphatic carbocycles. The summed E-state index contributed by atoms with van der Waals surface area (Å²) in [5.74, 6) is -1.47. The minimum atomic E-state index is -0.575. The van der Waals surface area contributed by atoms with Crippen molar-refractivity contribution in [1.82, 2.24) is 10.3 Å². The van der Waals surface area contributed by atoms with Gasteiger partial charge in [-0.05, 0) is 51.1 Å². The number of benzene rings is 1. The first-order valence-electron chi connectivity index (χ1n) is 7.22. The Morgan fingerprint density at radius 2 is 1.71 bits per heavy atom. The lowest BCUT2D eigenvalue weighted by molar-refractivity contribution is 0.0914. The summed E-state index contributed by atoms with van der Waals surface area (Å²) < 4.78 is 13.1. The van der Waals surface area contributed by atoms with E-state index in [1.165, 1.54) is 24.3 Å². The Kier molecular flexibility index (Phi) is 5.19. The molecule has 0 saturated carbocycles. The number of carbonyl (C=O) groups is 2. The molecule has 2 amide bonds. The molecule has 2 rings (SSSR count). The highest BCUT2D eigenvalue weighted by atomic mass is 35.5. The molecule has 0 spiro atoms. The Balaban J connectivity index is 2.16. The maximum Gasteiger partial charge on any atom is 0.274 e. The quantitative estimate of drug-likeness (QED) is 0.888. The Morgan fingerprint density at radius 3 is 2.29 bits per heavy atom. The van der Waals surface area contributed by atoms with Crippen molar-refractivity contribution in [2.45, 2.75) is 26.3 Å². The van der Waals surface area contributed by atoms with Gasteiger partial charge in [-0.15, -0.1) is 0 Å². The van der Waals surface area contributed by atoms with Gasteiger partial charge in [0.15, 0.2) is 0 Å². The van der Waals surface area contributed by atoms with Gasteiger partial charge in [-0.2, -0.15) is 0 Å². The van der Waals surface area contributed by atoms with Gasteiger partial charge in [-0.3, -0.25) is 9.59 Å². The molecule has 24 heavy (non-hydrogen) atoms. The number of hydrogen-bond donors (Lipinski definition) is 2. The summed E-state index contributed by atoms with van der Waals surface area (Å²) in [6.45, 7) is 5.54. The predicted molar refractivity (Wildman–Crippen MR) is 90.8 cm³/mol. The van der Waals surface area contributed by atoms with Crippen LogP contribution in [0.2, 0.25) is 5.02 Å². The van der Waals surface area contributed by atoms with Gasteiger partial charge >= 0.3 is 0 Å². The molecule has 126 valence electrons. The summed E-state index contributed by atoms with van der Waals surface area (Å²) in [6, 6.07) is 8.40. The molecule has 0 bridgehead atoms. The van der Waals surface area contributed by atoms with E-state index in [9.17, 15) is 14.0 Å². The monoisotopic (exact) mass is 349 g/mol. The molecule has 7 heteroatoms. The number of amides is 2. The molecule has 1 aromatic carbocycles. The van der Waals surface area contributed by atoms with E-state index in [4.69, 9.17) is 11.6 Å². The van der Waals surface area contributed by atoms with Crippen LogP contribution in [-0.4, -0.2) is 22.3 Å². The molecule has 0 saturated heterocycles. The van der Waals surface area contributed by atoms with Crippen molar-refractivity contribution in [2.24, 2.45) is 0 Å². The zero-order valence-corrected chi connectivity index (χ0v) is 14.2. The van der Waals surface area contributed by atoms with Crippen LogP contribution in [0, 0.1) is 5.82 Å². The van der Waals surface area contributed by atoms with Gasteiger partial charge in [-0.1, -0.05) is 17.7 Å². The van der Waals surface area contributed by atoms with Crippen molar-refractivity contribution in [3.8, 4) is 0 Å². The number of nitrogens with one attached hydrogen (secondary N) is 2. The number of rotatable bonds is 3. The Bertz CT molecular complexity index is 788. The van der Waals surface area contributed by atoms with E-state index in [0.29, 0.717) is 5.69 Å². The standard InChI is InChI=1S/C17H17ClFN3O2/c1-17(2,3)22-16(24)14-6-4-5-13(21-14)15(23)20-10-7-8-12(19)11(18)9-10/h4-9H,1-3H3,(H,20,23)(H,22,24). The van der Waals surface area contributed by atoms with Crippen LogP contribution in [0.3, 0.4) is 0 Å². The van der Waals surface area contributed by atoms with Gasteiger partial charge in [-0.25, -0.2) is 9.37 Å². The molecular weight excluding hydrogens is 333 g/mol. The fraction of sp³-hybridized carbons (Fsp3) is 0.235. The first kappa shape index (κ1) is 17.9. The minimum absolute atomic E-state index is 0.0667. The highest BCUT2D eigenvalue weighted by Gasteiger charge is 2.18. The van der Waals surface area contributed by atoms with Crippen LogP contribution >= 0.6 is 11.6 Å². The fourth-order valence-electron chi connectivity index (χ4n) is 1.86. The normalized spacial score (nSPS) is 11.0. The van der Waals surface area contributed by atoms with Crippen LogP contribution in [-0.2, 0) is 0 Å². The smallest absolute Gasteiger partial charge is 0.274 e. The SMILES string of the molecule is CC(C)(C)NC(=O)c1cccc(C(=O)Nc2ccc(F)c(Cl)c2)n1. The number of anilines is 1. The number of aromatic nitrogens is 1.